The number of piperidine rings is 1. The van der Waals surface area contributed by atoms with Gasteiger partial charge in [0.1, 0.15) is 5.82 Å². The highest BCUT2D eigenvalue weighted by molar-refractivity contribution is 5.64. The normalized spacial score (nSPS) is 19.1. The first-order valence-corrected chi connectivity index (χ1v) is 9.92. The van der Waals surface area contributed by atoms with E-state index < -0.39 is 0 Å². The van der Waals surface area contributed by atoms with Crippen LogP contribution in [0.1, 0.15) is 24.6 Å². The molecule has 2 saturated heterocycles. The first-order chi connectivity index (χ1) is 14.2. The molecule has 0 bridgehead atoms. The van der Waals surface area contributed by atoms with Crippen molar-refractivity contribution in [2.75, 3.05) is 26.3 Å². The van der Waals surface area contributed by atoms with Crippen molar-refractivity contribution >= 4 is 0 Å². The van der Waals surface area contributed by atoms with Crippen molar-refractivity contribution < 1.29 is 14.0 Å². The molecule has 0 saturated carbocycles. The van der Waals surface area contributed by atoms with Crippen molar-refractivity contribution in [2.24, 2.45) is 0 Å². The summed E-state index contributed by atoms with van der Waals surface area (Å²) in [6, 6.07) is 9.90. The smallest absolute Gasteiger partial charge is 0.241 e. The fourth-order valence-corrected chi connectivity index (χ4v) is 3.87. The molecule has 1 aromatic carbocycles. The molecule has 0 amide bonds. The van der Waals surface area contributed by atoms with Gasteiger partial charge in [-0.05, 0) is 13.0 Å². The van der Waals surface area contributed by atoms with E-state index in [1.54, 1.807) is 6.20 Å². The Labute approximate surface area is 168 Å². The Kier molecular flexibility index (Phi) is 4.83. The average molecular weight is 393 g/mol. The number of aromatic nitrogens is 4. The van der Waals surface area contributed by atoms with Crippen LogP contribution in [0.4, 0.5) is 0 Å². The number of hydrogen-bond donors (Lipinski definition) is 0. The lowest BCUT2D eigenvalue weighted by Gasteiger charge is -2.36. The predicted octanol–water partition coefficient (Wildman–Crippen LogP) is 2.84. The molecule has 5 rings (SSSR count). The van der Waals surface area contributed by atoms with Crippen LogP contribution in [0.3, 0.4) is 0 Å². The van der Waals surface area contributed by atoms with Gasteiger partial charge < -0.3 is 14.0 Å². The van der Waals surface area contributed by atoms with Crippen molar-refractivity contribution in [3.05, 3.63) is 48.2 Å². The third kappa shape index (κ3) is 3.91. The predicted molar refractivity (Wildman–Crippen MR) is 105 cm³/mol. The van der Waals surface area contributed by atoms with Crippen molar-refractivity contribution in [3.8, 4) is 22.6 Å². The van der Waals surface area contributed by atoms with E-state index >= 15 is 0 Å². The van der Waals surface area contributed by atoms with Crippen LogP contribution in [0, 0.1) is 6.92 Å². The van der Waals surface area contributed by atoms with Gasteiger partial charge in [0, 0.05) is 43.3 Å². The molecule has 2 fully saturated rings. The summed E-state index contributed by atoms with van der Waals surface area (Å²) < 4.78 is 17.0. The van der Waals surface area contributed by atoms with Gasteiger partial charge in [0.2, 0.25) is 11.7 Å². The maximum Gasteiger partial charge on any atom is 0.241 e. The molecule has 1 spiro atoms. The van der Waals surface area contributed by atoms with E-state index in [0.717, 1.165) is 48.6 Å². The van der Waals surface area contributed by atoms with E-state index in [1.807, 2.05) is 37.3 Å². The lowest BCUT2D eigenvalue weighted by atomic mass is 10.0. The molecule has 3 aromatic rings. The molecule has 29 heavy (non-hydrogen) atoms. The zero-order valence-electron chi connectivity index (χ0n) is 16.4. The van der Waals surface area contributed by atoms with Gasteiger partial charge in [0.05, 0.1) is 25.5 Å². The van der Waals surface area contributed by atoms with Crippen LogP contribution in [-0.4, -0.2) is 57.1 Å². The van der Waals surface area contributed by atoms with Crippen LogP contribution < -0.4 is 0 Å². The zero-order chi connectivity index (χ0) is 19.7. The summed E-state index contributed by atoms with van der Waals surface area (Å²) in [6.07, 6.45) is 3.51. The summed E-state index contributed by atoms with van der Waals surface area (Å²) in [5, 5.41) is 4.15. The summed E-state index contributed by atoms with van der Waals surface area (Å²) in [5.41, 5.74) is 2.84. The molecule has 2 aromatic heterocycles. The minimum Gasteiger partial charge on any atom is -0.347 e. The van der Waals surface area contributed by atoms with E-state index in [0.29, 0.717) is 31.5 Å². The Bertz CT molecular complexity index is 972. The first-order valence-electron chi connectivity index (χ1n) is 9.92. The molecule has 0 N–H and O–H groups in total. The highest BCUT2D eigenvalue weighted by Crippen LogP contribution is 2.31. The van der Waals surface area contributed by atoms with Crippen molar-refractivity contribution in [1.82, 2.24) is 25.0 Å². The van der Waals surface area contributed by atoms with E-state index in [9.17, 15) is 0 Å². The largest absolute Gasteiger partial charge is 0.347 e. The second-order valence-corrected chi connectivity index (χ2v) is 7.46. The molecule has 2 aliphatic heterocycles. The quantitative estimate of drug-likeness (QED) is 0.669. The molecule has 0 atom stereocenters. The topological polar surface area (TPSA) is 86.4 Å². The SMILES string of the molecule is Cc1nccc(-c2ccc(-c3noc(CN4CCC5(CC4)OCCO5)n3)cc2)n1. The van der Waals surface area contributed by atoms with Gasteiger partial charge in [-0.15, -0.1) is 0 Å². The Hall–Kier alpha value is -2.68. The molecule has 4 heterocycles. The highest BCUT2D eigenvalue weighted by Gasteiger charge is 2.39. The van der Waals surface area contributed by atoms with E-state index in [2.05, 4.69) is 25.0 Å². The average Bonchev–Trinajstić information content (AvgIpc) is 3.40. The van der Waals surface area contributed by atoms with Gasteiger partial charge in [-0.3, -0.25) is 4.90 Å². The number of ether oxygens (including phenoxy) is 2. The van der Waals surface area contributed by atoms with Crippen LogP contribution in [-0.2, 0) is 16.0 Å². The van der Waals surface area contributed by atoms with E-state index in [-0.39, 0.29) is 5.79 Å². The standard InChI is InChI=1S/C21H23N5O3/c1-15-22-9-6-18(23-15)16-2-4-17(5-3-16)20-24-19(29-25-20)14-26-10-7-21(8-11-26)27-12-13-28-21/h2-6,9H,7-8,10-14H2,1H3. The van der Waals surface area contributed by atoms with Crippen LogP contribution in [0.2, 0.25) is 0 Å². The number of benzene rings is 1. The molecule has 0 radical (unpaired) electrons. The number of rotatable bonds is 4. The third-order valence-electron chi connectivity index (χ3n) is 5.47. The minimum atomic E-state index is -0.361. The third-order valence-corrected chi connectivity index (χ3v) is 5.47. The highest BCUT2D eigenvalue weighted by atomic mass is 16.7. The number of likely N-dealkylation sites (tertiary alicyclic amines) is 1. The molecule has 8 heteroatoms. The number of aryl methyl sites for hydroxylation is 1. The number of nitrogens with zero attached hydrogens (tertiary/aromatic N) is 5. The summed E-state index contributed by atoms with van der Waals surface area (Å²) in [4.78, 5) is 15.5. The van der Waals surface area contributed by atoms with Crippen molar-refractivity contribution in [3.63, 3.8) is 0 Å². The lowest BCUT2D eigenvalue weighted by molar-refractivity contribution is -0.186. The fourth-order valence-electron chi connectivity index (χ4n) is 3.87. The van der Waals surface area contributed by atoms with Crippen molar-refractivity contribution in [1.29, 1.82) is 0 Å². The summed E-state index contributed by atoms with van der Waals surface area (Å²) >= 11 is 0. The molecule has 150 valence electrons. The Morgan fingerprint density at radius 1 is 0.966 bits per heavy atom. The van der Waals surface area contributed by atoms with Crippen LogP contribution >= 0.6 is 0 Å². The molecule has 0 aliphatic carbocycles. The summed E-state index contributed by atoms with van der Waals surface area (Å²) in [7, 11) is 0. The first kappa shape index (κ1) is 18.4. The van der Waals surface area contributed by atoms with Crippen LogP contribution in [0.25, 0.3) is 22.6 Å². The molecule has 0 unspecified atom stereocenters. The maximum atomic E-state index is 5.78. The summed E-state index contributed by atoms with van der Waals surface area (Å²) in [6.45, 7) is 5.71. The monoisotopic (exact) mass is 393 g/mol. The summed E-state index contributed by atoms with van der Waals surface area (Å²) in [5.74, 6) is 1.62. The second kappa shape index (κ2) is 7.62. The minimum absolute atomic E-state index is 0.361. The zero-order valence-corrected chi connectivity index (χ0v) is 16.4. The molecular formula is C21H23N5O3. The maximum absolute atomic E-state index is 5.78. The second-order valence-electron chi connectivity index (χ2n) is 7.46. The van der Waals surface area contributed by atoms with Gasteiger partial charge >= 0.3 is 0 Å². The lowest BCUT2D eigenvalue weighted by Crippen LogP contribution is -2.44. The van der Waals surface area contributed by atoms with Crippen LogP contribution in [0.5, 0.6) is 0 Å². The van der Waals surface area contributed by atoms with Gasteiger partial charge in [-0.25, -0.2) is 9.97 Å². The molecule has 2 aliphatic rings. The van der Waals surface area contributed by atoms with Crippen LogP contribution in [0.15, 0.2) is 41.1 Å². The Morgan fingerprint density at radius 3 is 2.41 bits per heavy atom. The van der Waals surface area contributed by atoms with E-state index in [4.69, 9.17) is 14.0 Å². The molecule has 8 nitrogen and oxygen atoms in total. The fraction of sp³-hybridized carbons (Fsp3) is 0.429. The number of hydrogen-bond acceptors (Lipinski definition) is 8. The van der Waals surface area contributed by atoms with Gasteiger partial charge in [0.15, 0.2) is 5.79 Å². The van der Waals surface area contributed by atoms with Gasteiger partial charge in [-0.1, -0.05) is 29.4 Å². The van der Waals surface area contributed by atoms with Gasteiger partial charge in [0.25, 0.3) is 0 Å². The Morgan fingerprint density at radius 2 is 1.69 bits per heavy atom. The van der Waals surface area contributed by atoms with Crippen molar-refractivity contribution in [2.45, 2.75) is 32.1 Å². The Balaban J connectivity index is 1.23. The molecular weight excluding hydrogens is 370 g/mol. The van der Waals surface area contributed by atoms with E-state index in [1.165, 1.54) is 0 Å². The van der Waals surface area contributed by atoms with Gasteiger partial charge in [-0.2, -0.15) is 4.98 Å².